The molecule has 0 saturated carbocycles. The van der Waals surface area contributed by atoms with Crippen LogP contribution in [0.1, 0.15) is 17.3 Å². The Kier molecular flexibility index (Phi) is 6.02. The fraction of sp³-hybridized carbons (Fsp3) is 0.455. The molecular weight excluding hydrogens is 329 g/mol. The van der Waals surface area contributed by atoms with Gasteiger partial charge in [0.1, 0.15) is 5.03 Å². The molecule has 1 amide bonds. The number of amides is 1. The molecule has 21 heavy (non-hydrogen) atoms. The summed E-state index contributed by atoms with van der Waals surface area (Å²) in [6.45, 7) is 1.30. The Morgan fingerprint density at radius 3 is 2.67 bits per heavy atom. The number of thioether (sulfide) groups is 1. The van der Waals surface area contributed by atoms with E-state index >= 15 is 0 Å². The minimum atomic E-state index is -4.56. The smallest absolute Gasteiger partial charge is 0.351 e. The largest absolute Gasteiger partial charge is 0.447 e. The zero-order valence-electron chi connectivity index (χ0n) is 11.0. The topological polar surface area (TPSA) is 76.1 Å². The molecule has 0 atom stereocenters. The molecule has 0 bridgehead atoms. The third-order valence-corrected chi connectivity index (χ3v) is 4.82. The SMILES string of the molecule is CCS(=O)(=O)CCNC(=O)c1cccnc1SC(F)(F)F. The number of rotatable bonds is 6. The number of aromatic nitrogens is 1. The van der Waals surface area contributed by atoms with Crippen molar-refractivity contribution < 1.29 is 26.4 Å². The second-order valence-corrected chi connectivity index (χ2v) is 7.42. The van der Waals surface area contributed by atoms with Gasteiger partial charge in [-0.25, -0.2) is 13.4 Å². The summed E-state index contributed by atoms with van der Waals surface area (Å²) >= 11 is -0.491. The number of pyridine rings is 1. The maximum absolute atomic E-state index is 12.4. The van der Waals surface area contributed by atoms with E-state index in [9.17, 15) is 26.4 Å². The second kappa shape index (κ2) is 7.12. The molecule has 0 aliphatic carbocycles. The Labute approximate surface area is 124 Å². The Morgan fingerprint density at radius 1 is 1.43 bits per heavy atom. The lowest BCUT2D eigenvalue weighted by atomic mass is 10.3. The van der Waals surface area contributed by atoms with Gasteiger partial charge in [-0.1, -0.05) is 6.92 Å². The summed E-state index contributed by atoms with van der Waals surface area (Å²) in [4.78, 5) is 15.3. The highest BCUT2D eigenvalue weighted by molar-refractivity contribution is 8.00. The quantitative estimate of drug-likeness (QED) is 0.799. The number of nitrogens with one attached hydrogen (secondary N) is 1. The predicted octanol–water partition coefficient (Wildman–Crippen LogP) is 1.86. The van der Waals surface area contributed by atoms with E-state index < -0.39 is 38.0 Å². The molecule has 0 radical (unpaired) electrons. The predicted molar refractivity (Wildman–Crippen MR) is 72.8 cm³/mol. The van der Waals surface area contributed by atoms with Gasteiger partial charge in [-0.05, 0) is 12.1 Å². The van der Waals surface area contributed by atoms with Crippen LogP contribution in [-0.4, -0.2) is 42.9 Å². The highest BCUT2D eigenvalue weighted by Gasteiger charge is 2.32. The average Bonchev–Trinajstić information content (AvgIpc) is 2.37. The third kappa shape index (κ3) is 6.34. The fourth-order valence-electron chi connectivity index (χ4n) is 1.31. The van der Waals surface area contributed by atoms with Crippen LogP contribution in [0, 0.1) is 0 Å². The van der Waals surface area contributed by atoms with Gasteiger partial charge in [0.2, 0.25) is 0 Å². The number of alkyl halides is 3. The van der Waals surface area contributed by atoms with Crippen molar-refractivity contribution in [2.24, 2.45) is 0 Å². The first-order valence-corrected chi connectivity index (χ1v) is 8.48. The van der Waals surface area contributed by atoms with Gasteiger partial charge in [-0.3, -0.25) is 4.79 Å². The van der Waals surface area contributed by atoms with Crippen molar-refractivity contribution in [2.45, 2.75) is 17.5 Å². The summed E-state index contributed by atoms with van der Waals surface area (Å²) in [5.41, 5.74) is -4.80. The van der Waals surface area contributed by atoms with Gasteiger partial charge in [-0.2, -0.15) is 13.2 Å². The van der Waals surface area contributed by atoms with Gasteiger partial charge in [-0.15, -0.1) is 0 Å². The molecule has 118 valence electrons. The molecule has 0 aliphatic heterocycles. The lowest BCUT2D eigenvalue weighted by Crippen LogP contribution is -2.30. The van der Waals surface area contributed by atoms with Gasteiger partial charge in [0, 0.05) is 30.3 Å². The minimum Gasteiger partial charge on any atom is -0.351 e. The number of hydrogen-bond donors (Lipinski definition) is 1. The van der Waals surface area contributed by atoms with Crippen LogP contribution < -0.4 is 5.32 Å². The van der Waals surface area contributed by atoms with E-state index in [1.165, 1.54) is 19.1 Å². The number of carbonyl (C=O) groups is 1. The van der Waals surface area contributed by atoms with E-state index in [4.69, 9.17) is 0 Å². The molecule has 0 aliphatic rings. The van der Waals surface area contributed by atoms with Crippen LogP contribution in [0.5, 0.6) is 0 Å². The van der Waals surface area contributed by atoms with Crippen LogP contribution in [-0.2, 0) is 9.84 Å². The lowest BCUT2D eigenvalue weighted by molar-refractivity contribution is -0.0329. The van der Waals surface area contributed by atoms with Crippen LogP contribution in [0.25, 0.3) is 0 Å². The minimum absolute atomic E-state index is 0.0645. The van der Waals surface area contributed by atoms with E-state index in [1.54, 1.807) is 0 Å². The van der Waals surface area contributed by atoms with Crippen LogP contribution in [0.4, 0.5) is 13.2 Å². The highest BCUT2D eigenvalue weighted by Crippen LogP contribution is 2.37. The summed E-state index contributed by atoms with van der Waals surface area (Å²) in [5.74, 6) is -1.12. The third-order valence-electron chi connectivity index (χ3n) is 2.37. The molecule has 0 unspecified atom stereocenters. The Hall–Kier alpha value is -1.29. The molecular formula is C11H13F3N2O3S2. The van der Waals surface area contributed by atoms with Crippen molar-refractivity contribution in [3.05, 3.63) is 23.9 Å². The average molecular weight is 342 g/mol. The summed E-state index contributed by atoms with van der Waals surface area (Å²) in [7, 11) is -3.25. The van der Waals surface area contributed by atoms with E-state index in [2.05, 4.69) is 10.3 Å². The van der Waals surface area contributed by atoms with E-state index in [-0.39, 0.29) is 23.6 Å². The van der Waals surface area contributed by atoms with Gasteiger partial charge in [0.25, 0.3) is 5.91 Å². The van der Waals surface area contributed by atoms with Crippen LogP contribution in [0.3, 0.4) is 0 Å². The van der Waals surface area contributed by atoms with Gasteiger partial charge in [0.05, 0.1) is 11.3 Å². The van der Waals surface area contributed by atoms with Crippen molar-refractivity contribution in [3.8, 4) is 0 Å². The summed E-state index contributed by atoms with van der Waals surface area (Å²) in [5, 5.41) is 1.81. The molecule has 10 heteroatoms. The monoisotopic (exact) mass is 342 g/mol. The molecule has 0 fully saturated rings. The summed E-state index contributed by atoms with van der Waals surface area (Å²) < 4.78 is 59.6. The van der Waals surface area contributed by atoms with Crippen LogP contribution >= 0.6 is 11.8 Å². The molecule has 5 nitrogen and oxygen atoms in total. The number of hydrogen-bond acceptors (Lipinski definition) is 5. The summed E-state index contributed by atoms with van der Waals surface area (Å²) in [6, 6.07) is 2.53. The first-order chi connectivity index (χ1) is 9.64. The molecule has 0 saturated heterocycles. The highest BCUT2D eigenvalue weighted by atomic mass is 32.2. The summed E-state index contributed by atoms with van der Waals surface area (Å²) in [6.07, 6.45) is 1.15. The maximum atomic E-state index is 12.4. The first-order valence-electron chi connectivity index (χ1n) is 5.84. The fourth-order valence-corrected chi connectivity index (χ4v) is 2.62. The maximum Gasteiger partial charge on any atom is 0.447 e. The number of nitrogens with zero attached hydrogens (tertiary/aromatic N) is 1. The molecule has 0 aromatic carbocycles. The lowest BCUT2D eigenvalue weighted by Gasteiger charge is -2.10. The Bertz CT molecular complexity index is 603. The molecule has 1 heterocycles. The van der Waals surface area contributed by atoms with Crippen molar-refractivity contribution >= 4 is 27.5 Å². The molecule has 1 aromatic heterocycles. The molecule has 1 aromatic rings. The second-order valence-electron chi connectivity index (χ2n) is 3.90. The van der Waals surface area contributed by atoms with Crippen molar-refractivity contribution in [1.82, 2.24) is 10.3 Å². The zero-order valence-corrected chi connectivity index (χ0v) is 12.6. The van der Waals surface area contributed by atoms with Crippen molar-refractivity contribution in [2.75, 3.05) is 18.1 Å². The van der Waals surface area contributed by atoms with E-state index in [0.29, 0.717) is 0 Å². The van der Waals surface area contributed by atoms with Crippen molar-refractivity contribution in [1.29, 1.82) is 0 Å². The molecule has 0 spiro atoms. The van der Waals surface area contributed by atoms with Gasteiger partial charge >= 0.3 is 5.51 Å². The molecule has 1 N–H and O–H groups in total. The molecule has 1 rings (SSSR count). The van der Waals surface area contributed by atoms with Gasteiger partial charge in [0.15, 0.2) is 9.84 Å². The Balaban J connectivity index is 2.75. The number of halogens is 3. The first kappa shape index (κ1) is 17.8. The standard InChI is InChI=1S/C11H13F3N2O3S2/c1-2-21(18,19)7-6-15-9(17)8-4-3-5-16-10(8)20-11(12,13)14/h3-5H,2,6-7H2,1H3,(H,15,17). The van der Waals surface area contributed by atoms with Gasteiger partial charge < -0.3 is 5.32 Å². The van der Waals surface area contributed by atoms with E-state index in [1.807, 2.05) is 0 Å². The Morgan fingerprint density at radius 2 is 2.10 bits per heavy atom. The normalized spacial score (nSPS) is 12.2. The van der Waals surface area contributed by atoms with Crippen LogP contribution in [0.2, 0.25) is 0 Å². The number of carbonyl (C=O) groups excluding carboxylic acids is 1. The van der Waals surface area contributed by atoms with Crippen LogP contribution in [0.15, 0.2) is 23.4 Å². The van der Waals surface area contributed by atoms with Crippen molar-refractivity contribution in [3.63, 3.8) is 0 Å². The number of sulfone groups is 1. The van der Waals surface area contributed by atoms with E-state index in [0.717, 1.165) is 6.20 Å². The zero-order chi connectivity index (χ0) is 16.1.